The van der Waals surface area contributed by atoms with Gasteiger partial charge in [0.1, 0.15) is 0 Å². The van der Waals surface area contributed by atoms with Crippen molar-refractivity contribution in [2.24, 2.45) is 0 Å². The summed E-state index contributed by atoms with van der Waals surface area (Å²) in [5.41, 5.74) is 9.88. The lowest BCUT2D eigenvalue weighted by atomic mass is 9.86. The van der Waals surface area contributed by atoms with Crippen LogP contribution < -0.4 is 11.1 Å². The van der Waals surface area contributed by atoms with Crippen LogP contribution in [0.15, 0.2) is 48.5 Å². The van der Waals surface area contributed by atoms with Gasteiger partial charge in [0.05, 0.1) is 12.5 Å². The predicted molar refractivity (Wildman–Crippen MR) is 96.3 cm³/mol. The molecule has 1 amide bonds. The summed E-state index contributed by atoms with van der Waals surface area (Å²) in [6, 6.07) is 15.9. The molecule has 1 atom stereocenters. The molecule has 3 N–H and O–H groups in total. The molecule has 3 nitrogen and oxygen atoms in total. The molecule has 2 aromatic rings. The quantitative estimate of drug-likeness (QED) is 0.839. The van der Waals surface area contributed by atoms with Crippen LogP contribution >= 0.6 is 0 Å². The summed E-state index contributed by atoms with van der Waals surface area (Å²) in [6.45, 7) is 8.59. The van der Waals surface area contributed by atoms with Crippen LogP contribution in [0.1, 0.15) is 50.4 Å². The highest BCUT2D eigenvalue weighted by Gasteiger charge is 2.15. The van der Waals surface area contributed by atoms with Crippen molar-refractivity contribution in [2.75, 3.05) is 5.73 Å². The van der Waals surface area contributed by atoms with Crippen molar-refractivity contribution in [1.29, 1.82) is 0 Å². The third kappa shape index (κ3) is 4.85. The summed E-state index contributed by atoms with van der Waals surface area (Å²) >= 11 is 0. The molecule has 1 unspecified atom stereocenters. The summed E-state index contributed by atoms with van der Waals surface area (Å²) < 4.78 is 0. The van der Waals surface area contributed by atoms with Crippen LogP contribution in [0.3, 0.4) is 0 Å². The Hall–Kier alpha value is -2.29. The molecule has 0 saturated heterocycles. The number of nitrogens with one attached hydrogen (secondary N) is 1. The monoisotopic (exact) mass is 310 g/mol. The molecular formula is C20H26N2O. The van der Waals surface area contributed by atoms with E-state index in [-0.39, 0.29) is 17.4 Å². The van der Waals surface area contributed by atoms with Crippen molar-refractivity contribution in [3.8, 4) is 0 Å². The van der Waals surface area contributed by atoms with E-state index in [2.05, 4.69) is 50.4 Å². The average molecular weight is 310 g/mol. The van der Waals surface area contributed by atoms with Gasteiger partial charge < -0.3 is 11.1 Å². The minimum Gasteiger partial charge on any atom is -0.399 e. The van der Waals surface area contributed by atoms with E-state index in [1.807, 2.05) is 31.2 Å². The van der Waals surface area contributed by atoms with E-state index in [0.29, 0.717) is 12.1 Å². The fourth-order valence-corrected chi connectivity index (χ4v) is 2.47. The Kier molecular flexibility index (Phi) is 5.09. The second kappa shape index (κ2) is 6.86. The van der Waals surface area contributed by atoms with Crippen LogP contribution in [0, 0.1) is 0 Å². The van der Waals surface area contributed by atoms with E-state index in [1.54, 1.807) is 0 Å². The van der Waals surface area contributed by atoms with Crippen LogP contribution in [0.5, 0.6) is 0 Å². The SMILES string of the molecule is CC(NC(=O)Cc1ccc(N)cc1)c1ccc(C(C)(C)C)cc1. The molecule has 2 rings (SSSR count). The molecule has 0 aliphatic rings. The highest BCUT2D eigenvalue weighted by Crippen LogP contribution is 2.23. The number of carbonyl (C=O) groups excluding carboxylic acids is 1. The topological polar surface area (TPSA) is 55.1 Å². The maximum absolute atomic E-state index is 12.2. The molecule has 0 fully saturated rings. The lowest BCUT2D eigenvalue weighted by Crippen LogP contribution is -2.28. The lowest BCUT2D eigenvalue weighted by molar-refractivity contribution is -0.121. The Balaban J connectivity index is 1.96. The number of benzene rings is 2. The molecule has 0 aliphatic carbocycles. The molecular weight excluding hydrogens is 284 g/mol. The fourth-order valence-electron chi connectivity index (χ4n) is 2.47. The van der Waals surface area contributed by atoms with Gasteiger partial charge in [-0.25, -0.2) is 0 Å². The Morgan fingerprint density at radius 2 is 1.61 bits per heavy atom. The molecule has 122 valence electrons. The van der Waals surface area contributed by atoms with Gasteiger partial charge in [0.2, 0.25) is 5.91 Å². The van der Waals surface area contributed by atoms with E-state index in [1.165, 1.54) is 5.56 Å². The number of amides is 1. The molecule has 0 aliphatic heterocycles. The minimum atomic E-state index is -0.00898. The van der Waals surface area contributed by atoms with E-state index in [0.717, 1.165) is 11.1 Å². The van der Waals surface area contributed by atoms with Crippen LogP contribution in [-0.4, -0.2) is 5.91 Å². The van der Waals surface area contributed by atoms with E-state index in [9.17, 15) is 4.79 Å². The van der Waals surface area contributed by atoms with Crippen LogP contribution in [0.25, 0.3) is 0 Å². The van der Waals surface area contributed by atoms with E-state index < -0.39 is 0 Å². The molecule has 0 heterocycles. The Labute approximate surface area is 138 Å². The third-order valence-electron chi connectivity index (χ3n) is 4.00. The van der Waals surface area contributed by atoms with Crippen LogP contribution in [0.4, 0.5) is 5.69 Å². The number of nitrogen functional groups attached to an aromatic ring is 1. The summed E-state index contributed by atoms with van der Waals surface area (Å²) in [6.07, 6.45) is 0.366. The van der Waals surface area contributed by atoms with Crippen molar-refractivity contribution < 1.29 is 4.79 Å². The molecule has 2 aromatic carbocycles. The minimum absolute atomic E-state index is 0.00898. The highest BCUT2D eigenvalue weighted by molar-refractivity contribution is 5.79. The summed E-state index contributed by atoms with van der Waals surface area (Å²) in [5.74, 6) is 0.0159. The number of nitrogens with two attached hydrogens (primary N) is 1. The van der Waals surface area contributed by atoms with Gasteiger partial charge in [-0.15, -0.1) is 0 Å². The van der Waals surface area contributed by atoms with Crippen molar-refractivity contribution in [1.82, 2.24) is 5.32 Å². The van der Waals surface area contributed by atoms with Crippen molar-refractivity contribution in [3.63, 3.8) is 0 Å². The van der Waals surface area contributed by atoms with Crippen LogP contribution in [0.2, 0.25) is 0 Å². The van der Waals surface area contributed by atoms with Crippen molar-refractivity contribution >= 4 is 11.6 Å². The summed E-state index contributed by atoms with van der Waals surface area (Å²) in [5, 5.41) is 3.05. The van der Waals surface area contributed by atoms with Gasteiger partial charge in [-0.1, -0.05) is 57.2 Å². The Bertz CT molecular complexity index is 652. The molecule has 0 saturated carbocycles. The molecule has 0 bridgehead atoms. The van der Waals surface area contributed by atoms with Gasteiger partial charge in [0.15, 0.2) is 0 Å². The number of carbonyl (C=O) groups is 1. The lowest BCUT2D eigenvalue weighted by Gasteiger charge is -2.20. The molecule has 0 radical (unpaired) electrons. The van der Waals surface area contributed by atoms with Crippen molar-refractivity contribution in [2.45, 2.75) is 45.6 Å². The number of rotatable bonds is 4. The van der Waals surface area contributed by atoms with Gasteiger partial charge in [0.25, 0.3) is 0 Å². The molecule has 23 heavy (non-hydrogen) atoms. The first kappa shape index (κ1) is 17.1. The average Bonchev–Trinajstić information content (AvgIpc) is 2.49. The maximum Gasteiger partial charge on any atom is 0.224 e. The predicted octanol–water partition coefficient (Wildman–Crippen LogP) is 3.99. The Morgan fingerprint density at radius 3 is 2.13 bits per heavy atom. The Morgan fingerprint density at radius 1 is 1.04 bits per heavy atom. The van der Waals surface area contributed by atoms with Gasteiger partial charge in [0, 0.05) is 5.69 Å². The summed E-state index contributed by atoms with van der Waals surface area (Å²) in [7, 11) is 0. The zero-order chi connectivity index (χ0) is 17.0. The van der Waals surface area contributed by atoms with E-state index in [4.69, 9.17) is 5.73 Å². The number of hydrogen-bond donors (Lipinski definition) is 2. The second-order valence-electron chi connectivity index (χ2n) is 7.08. The first-order valence-corrected chi connectivity index (χ1v) is 8.00. The van der Waals surface area contributed by atoms with E-state index >= 15 is 0 Å². The number of anilines is 1. The zero-order valence-corrected chi connectivity index (χ0v) is 14.4. The summed E-state index contributed by atoms with van der Waals surface area (Å²) in [4.78, 5) is 12.2. The zero-order valence-electron chi connectivity index (χ0n) is 14.4. The molecule has 3 heteroatoms. The normalized spacial score (nSPS) is 12.7. The maximum atomic E-state index is 12.2. The fraction of sp³-hybridized carbons (Fsp3) is 0.350. The van der Waals surface area contributed by atoms with Gasteiger partial charge in [-0.2, -0.15) is 0 Å². The standard InChI is InChI=1S/C20H26N2O/c1-14(16-7-9-17(10-8-16)20(2,3)4)22-19(23)13-15-5-11-18(21)12-6-15/h5-12,14H,13,21H2,1-4H3,(H,22,23). The van der Waals surface area contributed by atoms with Gasteiger partial charge in [-0.05, 0) is 41.2 Å². The smallest absolute Gasteiger partial charge is 0.224 e. The molecule has 0 spiro atoms. The highest BCUT2D eigenvalue weighted by atomic mass is 16.1. The second-order valence-corrected chi connectivity index (χ2v) is 7.08. The molecule has 0 aromatic heterocycles. The number of hydrogen-bond acceptors (Lipinski definition) is 2. The first-order valence-electron chi connectivity index (χ1n) is 8.00. The van der Waals surface area contributed by atoms with Gasteiger partial charge in [-0.3, -0.25) is 4.79 Å². The third-order valence-corrected chi connectivity index (χ3v) is 4.00. The first-order chi connectivity index (χ1) is 10.8. The van der Waals surface area contributed by atoms with Crippen molar-refractivity contribution in [3.05, 3.63) is 65.2 Å². The van der Waals surface area contributed by atoms with Gasteiger partial charge >= 0.3 is 0 Å². The largest absolute Gasteiger partial charge is 0.399 e. The van der Waals surface area contributed by atoms with Crippen LogP contribution in [-0.2, 0) is 16.6 Å².